The molecule has 0 bridgehead atoms. The highest BCUT2D eigenvalue weighted by Gasteiger charge is 2.01. The summed E-state index contributed by atoms with van der Waals surface area (Å²) in [5.41, 5.74) is 3.61. The maximum atomic E-state index is 13.2. The Morgan fingerprint density at radius 2 is 1.59 bits per heavy atom. The van der Waals surface area contributed by atoms with Crippen LogP contribution >= 0.6 is 0 Å². The van der Waals surface area contributed by atoms with E-state index in [-0.39, 0.29) is 11.6 Å². The van der Waals surface area contributed by atoms with Crippen LogP contribution in [0.3, 0.4) is 0 Å². The van der Waals surface area contributed by atoms with Crippen molar-refractivity contribution in [3.63, 3.8) is 0 Å². The van der Waals surface area contributed by atoms with Gasteiger partial charge in [-0.25, -0.2) is 4.39 Å². The van der Waals surface area contributed by atoms with Gasteiger partial charge in [-0.2, -0.15) is 0 Å². The van der Waals surface area contributed by atoms with Crippen molar-refractivity contribution in [1.29, 1.82) is 0 Å². The lowest BCUT2D eigenvalue weighted by atomic mass is 10.1. The van der Waals surface area contributed by atoms with E-state index in [9.17, 15) is 9.50 Å². The molecule has 110 valence electrons. The molecule has 0 spiro atoms. The second-order valence-corrected chi connectivity index (χ2v) is 5.07. The van der Waals surface area contributed by atoms with E-state index in [1.165, 1.54) is 12.1 Å². The van der Waals surface area contributed by atoms with E-state index in [0.717, 1.165) is 22.4 Å². The molecular formula is C19H16FNO. The van der Waals surface area contributed by atoms with Gasteiger partial charge in [0.1, 0.15) is 11.6 Å². The predicted molar refractivity (Wildman–Crippen MR) is 87.3 cm³/mol. The normalized spacial score (nSPS) is 10.4. The summed E-state index contributed by atoms with van der Waals surface area (Å²) in [6.07, 6.45) is 0. The number of phenols is 1. The summed E-state index contributed by atoms with van der Waals surface area (Å²) in [6.45, 7) is 0.548. The van der Waals surface area contributed by atoms with Crippen molar-refractivity contribution in [2.24, 2.45) is 0 Å². The molecule has 0 radical (unpaired) electrons. The minimum absolute atomic E-state index is 0.237. The molecule has 0 atom stereocenters. The first-order chi connectivity index (χ1) is 10.7. The summed E-state index contributed by atoms with van der Waals surface area (Å²) in [6, 6.07) is 21.6. The third kappa shape index (κ3) is 3.26. The van der Waals surface area contributed by atoms with Gasteiger partial charge >= 0.3 is 0 Å². The summed E-state index contributed by atoms with van der Waals surface area (Å²) >= 11 is 0. The summed E-state index contributed by atoms with van der Waals surface area (Å²) in [4.78, 5) is 0. The highest BCUT2D eigenvalue weighted by atomic mass is 19.1. The molecule has 0 fully saturated rings. The van der Waals surface area contributed by atoms with Gasteiger partial charge in [0.15, 0.2) is 0 Å². The Balaban J connectivity index is 1.71. The van der Waals surface area contributed by atoms with Gasteiger partial charge in [0.2, 0.25) is 0 Å². The van der Waals surface area contributed by atoms with Crippen LogP contribution in [-0.2, 0) is 6.54 Å². The number of benzene rings is 3. The fraction of sp³-hybridized carbons (Fsp3) is 0.0526. The molecule has 22 heavy (non-hydrogen) atoms. The van der Waals surface area contributed by atoms with Crippen LogP contribution in [0.25, 0.3) is 11.1 Å². The van der Waals surface area contributed by atoms with Crippen molar-refractivity contribution in [2.75, 3.05) is 5.32 Å². The first-order valence-corrected chi connectivity index (χ1v) is 7.09. The highest BCUT2D eigenvalue weighted by molar-refractivity contribution is 5.66. The third-order valence-corrected chi connectivity index (χ3v) is 3.52. The molecule has 0 saturated carbocycles. The van der Waals surface area contributed by atoms with Crippen molar-refractivity contribution < 1.29 is 9.50 Å². The molecule has 2 nitrogen and oxygen atoms in total. The largest absolute Gasteiger partial charge is 0.508 e. The van der Waals surface area contributed by atoms with E-state index in [1.807, 2.05) is 42.5 Å². The van der Waals surface area contributed by atoms with Crippen LogP contribution in [0.2, 0.25) is 0 Å². The quantitative estimate of drug-likeness (QED) is 0.723. The van der Waals surface area contributed by atoms with Gasteiger partial charge in [0.25, 0.3) is 0 Å². The fourth-order valence-electron chi connectivity index (χ4n) is 2.31. The first-order valence-electron chi connectivity index (χ1n) is 7.09. The van der Waals surface area contributed by atoms with Crippen LogP contribution in [0.1, 0.15) is 5.56 Å². The number of hydrogen-bond donors (Lipinski definition) is 2. The van der Waals surface area contributed by atoms with Crippen LogP contribution in [-0.4, -0.2) is 5.11 Å². The van der Waals surface area contributed by atoms with Gasteiger partial charge in [-0.3, -0.25) is 0 Å². The lowest BCUT2D eigenvalue weighted by Crippen LogP contribution is -1.99. The molecule has 0 amide bonds. The fourth-order valence-corrected chi connectivity index (χ4v) is 2.31. The van der Waals surface area contributed by atoms with Gasteiger partial charge in [-0.1, -0.05) is 42.5 Å². The number of phenolic OH excluding ortho intramolecular Hbond substituents is 1. The Labute approximate surface area is 128 Å². The van der Waals surface area contributed by atoms with E-state index in [0.29, 0.717) is 6.54 Å². The lowest BCUT2D eigenvalue weighted by Gasteiger charge is -2.09. The van der Waals surface area contributed by atoms with Crippen molar-refractivity contribution >= 4 is 5.69 Å². The van der Waals surface area contributed by atoms with Gasteiger partial charge in [-0.05, 0) is 41.5 Å². The number of hydrogen-bond acceptors (Lipinski definition) is 2. The molecule has 3 aromatic carbocycles. The average molecular weight is 293 g/mol. The Morgan fingerprint density at radius 3 is 2.32 bits per heavy atom. The second-order valence-electron chi connectivity index (χ2n) is 5.07. The van der Waals surface area contributed by atoms with E-state index in [4.69, 9.17) is 0 Å². The Morgan fingerprint density at radius 1 is 0.818 bits per heavy atom. The standard InChI is InChI=1S/C19H16FNO/c20-17-6-3-5-15(12-17)14-8-10-18(11-9-14)21-13-16-4-1-2-7-19(16)22/h1-12,21-22H,13H2. The predicted octanol–water partition coefficient (Wildman–Crippen LogP) is 4.81. The number of nitrogens with one attached hydrogen (secondary N) is 1. The zero-order valence-electron chi connectivity index (χ0n) is 12.0. The van der Waals surface area contributed by atoms with Gasteiger partial charge < -0.3 is 10.4 Å². The number of aromatic hydroxyl groups is 1. The van der Waals surface area contributed by atoms with Gasteiger partial charge in [0.05, 0.1) is 0 Å². The van der Waals surface area contributed by atoms with Crippen LogP contribution in [0.5, 0.6) is 5.75 Å². The average Bonchev–Trinajstić information content (AvgIpc) is 2.55. The minimum atomic E-state index is -0.237. The highest BCUT2D eigenvalue weighted by Crippen LogP contribution is 2.23. The number of para-hydroxylation sites is 1. The second kappa shape index (κ2) is 6.31. The Hall–Kier alpha value is -2.81. The Kier molecular flexibility index (Phi) is 4.05. The summed E-state index contributed by atoms with van der Waals surface area (Å²) < 4.78 is 13.2. The van der Waals surface area contributed by atoms with E-state index >= 15 is 0 Å². The summed E-state index contributed by atoms with van der Waals surface area (Å²) in [5, 5.41) is 13.0. The van der Waals surface area contributed by atoms with Crippen molar-refractivity contribution in [3.05, 3.63) is 84.2 Å². The minimum Gasteiger partial charge on any atom is -0.508 e. The number of rotatable bonds is 4. The summed E-state index contributed by atoms with van der Waals surface area (Å²) in [7, 11) is 0. The van der Waals surface area contributed by atoms with E-state index < -0.39 is 0 Å². The van der Waals surface area contributed by atoms with E-state index in [2.05, 4.69) is 5.32 Å². The maximum Gasteiger partial charge on any atom is 0.123 e. The molecule has 3 heteroatoms. The maximum absolute atomic E-state index is 13.2. The van der Waals surface area contributed by atoms with E-state index in [1.54, 1.807) is 18.2 Å². The molecule has 0 aliphatic heterocycles. The Bertz CT molecular complexity index is 768. The van der Waals surface area contributed by atoms with Crippen molar-refractivity contribution in [3.8, 4) is 16.9 Å². The van der Waals surface area contributed by atoms with Crippen molar-refractivity contribution in [2.45, 2.75) is 6.54 Å². The molecular weight excluding hydrogens is 277 g/mol. The molecule has 0 unspecified atom stereocenters. The molecule has 0 aliphatic rings. The molecule has 3 aromatic rings. The summed E-state index contributed by atoms with van der Waals surface area (Å²) in [5.74, 6) is 0.0469. The smallest absolute Gasteiger partial charge is 0.123 e. The molecule has 0 aliphatic carbocycles. The van der Waals surface area contributed by atoms with Crippen LogP contribution < -0.4 is 5.32 Å². The van der Waals surface area contributed by atoms with Crippen LogP contribution in [0.15, 0.2) is 72.8 Å². The van der Waals surface area contributed by atoms with Crippen LogP contribution in [0.4, 0.5) is 10.1 Å². The SMILES string of the molecule is Oc1ccccc1CNc1ccc(-c2cccc(F)c2)cc1. The molecule has 2 N–H and O–H groups in total. The lowest BCUT2D eigenvalue weighted by molar-refractivity contribution is 0.469. The molecule has 0 heterocycles. The third-order valence-electron chi connectivity index (χ3n) is 3.52. The van der Waals surface area contributed by atoms with Gasteiger partial charge in [0, 0.05) is 17.8 Å². The monoisotopic (exact) mass is 293 g/mol. The zero-order valence-corrected chi connectivity index (χ0v) is 12.0. The molecule has 3 rings (SSSR count). The molecule has 0 aromatic heterocycles. The number of halogens is 1. The zero-order chi connectivity index (χ0) is 15.4. The number of anilines is 1. The van der Waals surface area contributed by atoms with Gasteiger partial charge in [-0.15, -0.1) is 0 Å². The topological polar surface area (TPSA) is 32.3 Å². The van der Waals surface area contributed by atoms with Crippen LogP contribution in [0, 0.1) is 5.82 Å². The first kappa shape index (κ1) is 14.1. The van der Waals surface area contributed by atoms with Crippen molar-refractivity contribution in [1.82, 2.24) is 0 Å². The molecule has 0 saturated heterocycles.